The van der Waals surface area contributed by atoms with Crippen molar-refractivity contribution in [2.24, 2.45) is 0 Å². The molecule has 1 aliphatic heterocycles. The molecule has 0 radical (unpaired) electrons. The highest BCUT2D eigenvalue weighted by molar-refractivity contribution is 5.68. The first kappa shape index (κ1) is 15.4. The van der Waals surface area contributed by atoms with Gasteiger partial charge in [0.2, 0.25) is 0 Å². The Morgan fingerprint density at radius 1 is 1.57 bits per heavy atom. The molecule has 1 unspecified atom stereocenters. The third kappa shape index (κ3) is 4.22. The van der Waals surface area contributed by atoms with Crippen molar-refractivity contribution in [3.05, 3.63) is 18.0 Å². The van der Waals surface area contributed by atoms with Crippen molar-refractivity contribution >= 4 is 6.09 Å². The first-order valence-corrected chi connectivity index (χ1v) is 7.27. The fraction of sp³-hybridized carbons (Fsp3) is 0.667. The third-order valence-electron chi connectivity index (χ3n) is 3.36. The lowest BCUT2D eigenvalue weighted by Crippen LogP contribution is -2.43. The van der Waals surface area contributed by atoms with E-state index in [1.54, 1.807) is 11.1 Å². The number of nitriles is 1. The van der Waals surface area contributed by atoms with E-state index in [4.69, 9.17) is 10.00 Å². The molecule has 6 nitrogen and oxygen atoms in total. The largest absolute Gasteiger partial charge is 0.444 e. The summed E-state index contributed by atoms with van der Waals surface area (Å²) in [7, 11) is 0. The first-order chi connectivity index (χ1) is 9.89. The lowest BCUT2D eigenvalue weighted by atomic mass is 10.1. The van der Waals surface area contributed by atoms with Gasteiger partial charge in [0.05, 0.1) is 24.7 Å². The normalized spacial score (nSPS) is 19.1. The minimum absolute atomic E-state index is 0.152. The summed E-state index contributed by atoms with van der Waals surface area (Å²) in [5.74, 6) is 0. The second kappa shape index (κ2) is 6.17. The summed E-state index contributed by atoms with van der Waals surface area (Å²) in [5, 5.41) is 13.0. The molecule has 0 aliphatic carbocycles. The number of rotatable bonds is 2. The fourth-order valence-electron chi connectivity index (χ4n) is 2.42. The van der Waals surface area contributed by atoms with Gasteiger partial charge in [0, 0.05) is 24.8 Å². The Hall–Kier alpha value is -2.03. The molecule has 1 saturated heterocycles. The van der Waals surface area contributed by atoms with Crippen LogP contribution in [0.1, 0.15) is 45.2 Å². The Balaban J connectivity index is 2.00. The van der Waals surface area contributed by atoms with Crippen LogP contribution in [-0.4, -0.2) is 39.5 Å². The molecular weight excluding hydrogens is 268 g/mol. The maximum Gasteiger partial charge on any atom is 0.410 e. The Kier molecular flexibility index (Phi) is 4.51. The Morgan fingerprint density at radius 3 is 3.00 bits per heavy atom. The number of amides is 1. The molecule has 2 rings (SSSR count). The highest BCUT2D eigenvalue weighted by atomic mass is 16.6. The zero-order valence-corrected chi connectivity index (χ0v) is 12.9. The van der Waals surface area contributed by atoms with Crippen molar-refractivity contribution in [2.45, 2.75) is 51.7 Å². The van der Waals surface area contributed by atoms with Crippen LogP contribution in [0.3, 0.4) is 0 Å². The maximum absolute atomic E-state index is 12.1. The molecule has 0 spiro atoms. The van der Waals surface area contributed by atoms with Gasteiger partial charge in [-0.1, -0.05) is 0 Å². The van der Waals surface area contributed by atoms with E-state index in [1.165, 1.54) is 0 Å². The standard InChI is InChI=1S/C15H22N4O2/c1-15(2,3)21-14(20)18-8-4-5-13(11-18)19-10-12(6-7-16)9-17-19/h9-10,13H,4-6,8,11H2,1-3H3. The predicted octanol–water partition coefficient (Wildman–Crippen LogP) is 2.52. The summed E-state index contributed by atoms with van der Waals surface area (Å²) < 4.78 is 7.28. The smallest absolute Gasteiger partial charge is 0.410 e. The van der Waals surface area contributed by atoms with Gasteiger partial charge in [0.15, 0.2) is 0 Å². The van der Waals surface area contributed by atoms with Gasteiger partial charge in [-0.25, -0.2) is 4.79 Å². The number of nitrogens with zero attached hydrogens (tertiary/aromatic N) is 4. The number of aromatic nitrogens is 2. The number of carbonyl (C=O) groups excluding carboxylic acids is 1. The Morgan fingerprint density at radius 2 is 2.33 bits per heavy atom. The topological polar surface area (TPSA) is 71.2 Å². The van der Waals surface area contributed by atoms with Gasteiger partial charge in [-0.05, 0) is 33.6 Å². The van der Waals surface area contributed by atoms with E-state index in [9.17, 15) is 4.79 Å². The monoisotopic (exact) mass is 290 g/mol. The highest BCUT2D eigenvalue weighted by Gasteiger charge is 2.28. The van der Waals surface area contributed by atoms with Crippen molar-refractivity contribution in [1.29, 1.82) is 5.26 Å². The van der Waals surface area contributed by atoms with E-state index in [2.05, 4.69) is 11.2 Å². The molecule has 21 heavy (non-hydrogen) atoms. The molecule has 1 amide bonds. The number of likely N-dealkylation sites (tertiary alicyclic amines) is 1. The van der Waals surface area contributed by atoms with Gasteiger partial charge in [-0.15, -0.1) is 0 Å². The molecule has 0 N–H and O–H groups in total. The minimum atomic E-state index is -0.476. The number of piperidine rings is 1. The van der Waals surface area contributed by atoms with E-state index in [1.807, 2.05) is 31.6 Å². The molecule has 1 atom stereocenters. The molecule has 0 saturated carbocycles. The molecule has 1 aromatic rings. The van der Waals surface area contributed by atoms with Crippen molar-refractivity contribution in [1.82, 2.24) is 14.7 Å². The van der Waals surface area contributed by atoms with Crippen LogP contribution in [0.2, 0.25) is 0 Å². The minimum Gasteiger partial charge on any atom is -0.444 e. The van der Waals surface area contributed by atoms with Crippen molar-refractivity contribution in [3.63, 3.8) is 0 Å². The van der Waals surface area contributed by atoms with E-state index in [0.29, 0.717) is 13.0 Å². The highest BCUT2D eigenvalue weighted by Crippen LogP contribution is 2.23. The zero-order chi connectivity index (χ0) is 15.5. The fourth-order valence-corrected chi connectivity index (χ4v) is 2.42. The van der Waals surface area contributed by atoms with Gasteiger partial charge in [0.1, 0.15) is 5.60 Å². The summed E-state index contributed by atoms with van der Waals surface area (Å²) in [6, 6.07) is 2.27. The van der Waals surface area contributed by atoms with Crippen molar-refractivity contribution in [3.8, 4) is 6.07 Å². The molecule has 6 heteroatoms. The number of hydrogen-bond acceptors (Lipinski definition) is 4. The quantitative estimate of drug-likeness (QED) is 0.839. The molecule has 1 fully saturated rings. The second-order valence-electron chi connectivity index (χ2n) is 6.39. The maximum atomic E-state index is 12.1. The molecule has 1 aromatic heterocycles. The van der Waals surface area contributed by atoms with E-state index in [0.717, 1.165) is 24.9 Å². The van der Waals surface area contributed by atoms with E-state index >= 15 is 0 Å². The van der Waals surface area contributed by atoms with Crippen LogP contribution in [0.4, 0.5) is 4.79 Å². The summed E-state index contributed by atoms with van der Waals surface area (Å²) in [6.45, 7) is 6.93. The van der Waals surface area contributed by atoms with Crippen LogP contribution in [0, 0.1) is 11.3 Å². The van der Waals surface area contributed by atoms with Crippen molar-refractivity contribution in [2.75, 3.05) is 13.1 Å². The first-order valence-electron chi connectivity index (χ1n) is 7.27. The second-order valence-corrected chi connectivity index (χ2v) is 6.39. The number of ether oxygens (including phenoxy) is 1. The van der Waals surface area contributed by atoms with Gasteiger partial charge in [-0.2, -0.15) is 10.4 Å². The molecule has 0 bridgehead atoms. The third-order valence-corrected chi connectivity index (χ3v) is 3.36. The lowest BCUT2D eigenvalue weighted by molar-refractivity contribution is 0.0167. The van der Waals surface area contributed by atoms with Crippen LogP contribution in [0.25, 0.3) is 0 Å². The lowest BCUT2D eigenvalue weighted by Gasteiger charge is -2.34. The number of carbonyl (C=O) groups is 1. The zero-order valence-electron chi connectivity index (χ0n) is 12.9. The van der Waals surface area contributed by atoms with Crippen LogP contribution >= 0.6 is 0 Å². The van der Waals surface area contributed by atoms with Gasteiger partial charge < -0.3 is 9.64 Å². The predicted molar refractivity (Wildman–Crippen MR) is 77.6 cm³/mol. The Bertz CT molecular complexity index is 539. The average molecular weight is 290 g/mol. The summed E-state index contributed by atoms with van der Waals surface area (Å²) in [5.41, 5.74) is 0.433. The van der Waals surface area contributed by atoms with Crippen LogP contribution in [-0.2, 0) is 11.2 Å². The molecule has 114 valence electrons. The van der Waals surface area contributed by atoms with E-state index < -0.39 is 5.60 Å². The summed E-state index contributed by atoms with van der Waals surface area (Å²) in [6.07, 6.45) is 5.62. The average Bonchev–Trinajstić information content (AvgIpc) is 2.86. The van der Waals surface area contributed by atoms with Crippen LogP contribution in [0.15, 0.2) is 12.4 Å². The van der Waals surface area contributed by atoms with Gasteiger partial charge in [-0.3, -0.25) is 4.68 Å². The molecule has 2 heterocycles. The van der Waals surface area contributed by atoms with Gasteiger partial charge >= 0.3 is 6.09 Å². The SMILES string of the molecule is CC(C)(C)OC(=O)N1CCCC(n2cc(CC#N)cn2)C1. The van der Waals surface area contributed by atoms with E-state index in [-0.39, 0.29) is 12.1 Å². The van der Waals surface area contributed by atoms with Crippen LogP contribution < -0.4 is 0 Å². The van der Waals surface area contributed by atoms with Crippen LogP contribution in [0.5, 0.6) is 0 Å². The summed E-state index contributed by atoms with van der Waals surface area (Å²) in [4.78, 5) is 13.9. The molecule has 0 aromatic carbocycles. The van der Waals surface area contributed by atoms with Gasteiger partial charge in [0.25, 0.3) is 0 Å². The Labute approximate surface area is 125 Å². The molecular formula is C15H22N4O2. The summed E-state index contributed by atoms with van der Waals surface area (Å²) >= 11 is 0. The van der Waals surface area contributed by atoms with Crippen molar-refractivity contribution < 1.29 is 9.53 Å². The molecule has 1 aliphatic rings. The number of hydrogen-bond donors (Lipinski definition) is 0.